The maximum Gasteiger partial charge on any atom is 0.304 e. The average molecular weight is 352 g/mol. The number of likely N-dealkylation sites (N-methyl/N-ethyl adjacent to an activating group) is 1. The van der Waals surface area contributed by atoms with E-state index < -0.39 is 17.9 Å². The van der Waals surface area contributed by atoms with E-state index in [1.165, 1.54) is 0 Å². The molecular formula is C19H32N2O4. The summed E-state index contributed by atoms with van der Waals surface area (Å²) in [4.78, 5) is 38.1. The van der Waals surface area contributed by atoms with Gasteiger partial charge < -0.3 is 15.3 Å². The van der Waals surface area contributed by atoms with Crippen molar-refractivity contribution in [3.05, 3.63) is 12.2 Å². The lowest BCUT2D eigenvalue weighted by Gasteiger charge is -2.27. The van der Waals surface area contributed by atoms with Gasteiger partial charge in [0.15, 0.2) is 0 Å². The van der Waals surface area contributed by atoms with Gasteiger partial charge >= 0.3 is 5.97 Å². The largest absolute Gasteiger partial charge is 0.481 e. The Bertz CT molecular complexity index is 488. The van der Waals surface area contributed by atoms with Crippen LogP contribution in [0.2, 0.25) is 0 Å². The molecule has 1 heterocycles. The number of rotatable bonds is 4. The summed E-state index contributed by atoms with van der Waals surface area (Å²) in [6.45, 7) is 4.65. The van der Waals surface area contributed by atoms with Gasteiger partial charge in [0.2, 0.25) is 11.8 Å². The van der Waals surface area contributed by atoms with Gasteiger partial charge in [0, 0.05) is 19.5 Å². The Morgan fingerprint density at radius 3 is 2.52 bits per heavy atom. The highest BCUT2D eigenvalue weighted by Gasteiger charge is 2.29. The molecule has 0 aromatic heterocycles. The van der Waals surface area contributed by atoms with Gasteiger partial charge in [-0.1, -0.05) is 26.0 Å². The smallest absolute Gasteiger partial charge is 0.304 e. The molecule has 6 nitrogen and oxygen atoms in total. The molecule has 0 bridgehead atoms. The van der Waals surface area contributed by atoms with E-state index in [1.54, 1.807) is 11.9 Å². The quantitative estimate of drug-likeness (QED) is 0.762. The molecule has 1 aliphatic rings. The fraction of sp³-hybridized carbons (Fsp3) is 0.737. The molecule has 0 aromatic carbocycles. The lowest BCUT2D eigenvalue weighted by atomic mass is 9.95. The molecule has 1 aliphatic heterocycles. The summed E-state index contributed by atoms with van der Waals surface area (Å²) >= 11 is 0. The van der Waals surface area contributed by atoms with E-state index in [9.17, 15) is 14.4 Å². The normalized spacial score (nSPS) is 24.1. The van der Waals surface area contributed by atoms with Crippen LogP contribution in [0.1, 0.15) is 58.8 Å². The van der Waals surface area contributed by atoms with Crippen LogP contribution in [0.5, 0.6) is 0 Å². The number of carbonyl (C=O) groups is 3. The Balaban J connectivity index is 2.95. The SMILES string of the molecule is CC(C)C[C@@H]1NC(=O)[C@@H](CC(=O)O)CCCC=CCCCN(C)C1=O. The third-order valence-electron chi connectivity index (χ3n) is 4.44. The van der Waals surface area contributed by atoms with Gasteiger partial charge in [-0.15, -0.1) is 0 Å². The number of nitrogens with zero attached hydrogens (tertiary/aromatic N) is 1. The Morgan fingerprint density at radius 1 is 1.28 bits per heavy atom. The molecule has 0 radical (unpaired) electrons. The van der Waals surface area contributed by atoms with Crippen molar-refractivity contribution in [1.82, 2.24) is 10.2 Å². The Hall–Kier alpha value is -1.85. The van der Waals surface area contributed by atoms with Crippen LogP contribution in [-0.4, -0.2) is 47.4 Å². The summed E-state index contributed by atoms with van der Waals surface area (Å²) in [5.74, 6) is -1.75. The number of carbonyl (C=O) groups excluding carboxylic acids is 2. The summed E-state index contributed by atoms with van der Waals surface area (Å²) in [5, 5.41) is 11.9. The molecule has 2 amide bonds. The zero-order valence-electron chi connectivity index (χ0n) is 15.7. The highest BCUT2D eigenvalue weighted by atomic mass is 16.4. The van der Waals surface area contributed by atoms with E-state index >= 15 is 0 Å². The molecule has 2 N–H and O–H groups in total. The number of hydrogen-bond acceptors (Lipinski definition) is 3. The van der Waals surface area contributed by atoms with Gasteiger partial charge in [0.1, 0.15) is 6.04 Å². The summed E-state index contributed by atoms with van der Waals surface area (Å²) in [5.41, 5.74) is 0. The first kappa shape index (κ1) is 21.2. The molecule has 0 fully saturated rings. The van der Waals surface area contributed by atoms with Crippen LogP contribution < -0.4 is 5.32 Å². The predicted molar refractivity (Wildman–Crippen MR) is 97.0 cm³/mol. The third kappa shape index (κ3) is 8.18. The molecule has 1 rings (SSSR count). The molecule has 0 spiro atoms. The lowest BCUT2D eigenvalue weighted by Crippen LogP contribution is -2.50. The van der Waals surface area contributed by atoms with E-state index in [-0.39, 0.29) is 24.2 Å². The number of nitrogens with one attached hydrogen (secondary N) is 1. The van der Waals surface area contributed by atoms with Crippen LogP contribution >= 0.6 is 0 Å². The molecule has 0 unspecified atom stereocenters. The summed E-state index contributed by atoms with van der Waals surface area (Å²) < 4.78 is 0. The van der Waals surface area contributed by atoms with Crippen molar-refractivity contribution in [3.8, 4) is 0 Å². The molecule has 142 valence electrons. The molecule has 2 atom stereocenters. The van der Waals surface area contributed by atoms with Gasteiger partial charge in [-0.2, -0.15) is 0 Å². The van der Waals surface area contributed by atoms with E-state index in [0.717, 1.165) is 25.7 Å². The van der Waals surface area contributed by atoms with Crippen molar-refractivity contribution in [2.24, 2.45) is 11.8 Å². The van der Waals surface area contributed by atoms with Gasteiger partial charge in [0.05, 0.1) is 6.42 Å². The number of aliphatic carboxylic acids is 1. The van der Waals surface area contributed by atoms with E-state index in [4.69, 9.17) is 5.11 Å². The summed E-state index contributed by atoms with van der Waals surface area (Å²) in [6.07, 6.45) is 8.45. The number of carboxylic acids is 1. The first-order chi connectivity index (χ1) is 11.8. The van der Waals surface area contributed by atoms with Crippen LogP contribution in [0.25, 0.3) is 0 Å². The monoisotopic (exact) mass is 352 g/mol. The standard InChI is InChI=1S/C19H32N2O4/c1-14(2)12-16-19(25)21(3)11-9-7-5-4-6-8-10-15(13-17(22)23)18(24)20-16/h4-5,14-16H,6-13H2,1-3H3,(H,20,24)(H,22,23)/t15-,16+/m1/s1. The maximum atomic E-state index is 12.7. The fourth-order valence-electron chi connectivity index (χ4n) is 3.06. The van der Waals surface area contributed by atoms with Crippen molar-refractivity contribution >= 4 is 17.8 Å². The molecule has 0 saturated carbocycles. The average Bonchev–Trinajstić information content (AvgIpc) is 2.52. The van der Waals surface area contributed by atoms with Crippen LogP contribution in [0.4, 0.5) is 0 Å². The second-order valence-corrected chi connectivity index (χ2v) is 7.29. The first-order valence-electron chi connectivity index (χ1n) is 9.23. The molecule has 0 aliphatic carbocycles. The fourth-order valence-corrected chi connectivity index (χ4v) is 3.06. The molecular weight excluding hydrogens is 320 g/mol. The van der Waals surface area contributed by atoms with Crippen LogP contribution in [-0.2, 0) is 14.4 Å². The molecule has 0 saturated heterocycles. The van der Waals surface area contributed by atoms with Crippen LogP contribution in [0, 0.1) is 11.8 Å². The van der Waals surface area contributed by atoms with Crippen molar-refractivity contribution in [2.75, 3.05) is 13.6 Å². The van der Waals surface area contributed by atoms with Crippen molar-refractivity contribution < 1.29 is 19.5 Å². The van der Waals surface area contributed by atoms with E-state index in [2.05, 4.69) is 17.5 Å². The van der Waals surface area contributed by atoms with E-state index in [1.807, 2.05) is 13.8 Å². The van der Waals surface area contributed by atoms with Crippen molar-refractivity contribution in [3.63, 3.8) is 0 Å². The number of hydrogen-bond donors (Lipinski definition) is 2. The summed E-state index contributed by atoms with van der Waals surface area (Å²) in [6, 6.07) is -0.590. The first-order valence-corrected chi connectivity index (χ1v) is 9.23. The highest BCUT2D eigenvalue weighted by Crippen LogP contribution is 2.16. The van der Waals surface area contributed by atoms with Crippen molar-refractivity contribution in [1.29, 1.82) is 0 Å². The Morgan fingerprint density at radius 2 is 1.92 bits per heavy atom. The number of amides is 2. The molecule has 25 heavy (non-hydrogen) atoms. The summed E-state index contributed by atoms with van der Waals surface area (Å²) in [7, 11) is 1.76. The van der Waals surface area contributed by atoms with Gasteiger partial charge in [-0.3, -0.25) is 14.4 Å². The minimum atomic E-state index is -0.985. The van der Waals surface area contributed by atoms with Crippen LogP contribution in [0.15, 0.2) is 12.2 Å². The molecule has 6 heteroatoms. The topological polar surface area (TPSA) is 86.7 Å². The zero-order chi connectivity index (χ0) is 18.8. The minimum Gasteiger partial charge on any atom is -0.481 e. The van der Waals surface area contributed by atoms with Gasteiger partial charge in [0.25, 0.3) is 0 Å². The van der Waals surface area contributed by atoms with Crippen molar-refractivity contribution in [2.45, 2.75) is 64.8 Å². The molecule has 0 aromatic rings. The van der Waals surface area contributed by atoms with Gasteiger partial charge in [-0.05, 0) is 44.4 Å². The number of allylic oxidation sites excluding steroid dienone is 2. The van der Waals surface area contributed by atoms with Crippen LogP contribution in [0.3, 0.4) is 0 Å². The Kier molecular flexibility index (Phi) is 9.24. The third-order valence-corrected chi connectivity index (χ3v) is 4.44. The number of carboxylic acid groups (broad SMARTS) is 1. The second kappa shape index (κ2) is 10.9. The highest BCUT2D eigenvalue weighted by molar-refractivity contribution is 5.89. The lowest BCUT2D eigenvalue weighted by molar-refractivity contribution is -0.142. The van der Waals surface area contributed by atoms with Gasteiger partial charge in [-0.25, -0.2) is 0 Å². The second-order valence-electron chi connectivity index (χ2n) is 7.29. The zero-order valence-corrected chi connectivity index (χ0v) is 15.7. The minimum absolute atomic E-state index is 0.0998. The van der Waals surface area contributed by atoms with E-state index in [0.29, 0.717) is 19.4 Å². The Labute approximate surface area is 150 Å². The predicted octanol–water partition coefficient (Wildman–Crippen LogP) is 2.59. The maximum absolute atomic E-state index is 12.7.